The zero-order valence-corrected chi connectivity index (χ0v) is 10.6. The molecule has 0 heterocycles. The molecule has 0 aliphatic carbocycles. The third kappa shape index (κ3) is 2.74. The van der Waals surface area contributed by atoms with Crippen molar-refractivity contribution in [2.75, 3.05) is 6.61 Å². The van der Waals surface area contributed by atoms with Gasteiger partial charge in [0.25, 0.3) is 5.24 Å². The summed E-state index contributed by atoms with van der Waals surface area (Å²) in [5, 5.41) is 1.66. The number of carbonyl (C=O) groups is 1. The number of benzene rings is 2. The molecule has 0 N–H and O–H groups in total. The van der Waals surface area contributed by atoms with E-state index in [9.17, 15) is 4.79 Å². The van der Waals surface area contributed by atoms with Gasteiger partial charge in [-0.2, -0.15) is 0 Å². The van der Waals surface area contributed by atoms with Crippen LogP contribution in [0.25, 0.3) is 10.8 Å². The second-order valence-corrected chi connectivity index (χ2v) is 4.63. The van der Waals surface area contributed by atoms with E-state index in [1.165, 1.54) is 0 Å². The van der Waals surface area contributed by atoms with Crippen LogP contribution in [0.15, 0.2) is 40.9 Å². The van der Waals surface area contributed by atoms with Crippen LogP contribution in [-0.4, -0.2) is 11.8 Å². The summed E-state index contributed by atoms with van der Waals surface area (Å²) >= 11 is 8.60. The van der Waals surface area contributed by atoms with Gasteiger partial charge in [0, 0.05) is 4.47 Å². The first kappa shape index (κ1) is 11.4. The molecular formula is C12H8BrClO2. The van der Waals surface area contributed by atoms with Crippen molar-refractivity contribution in [3.8, 4) is 5.75 Å². The number of hydrogen-bond acceptors (Lipinski definition) is 2. The molecule has 0 saturated carbocycles. The third-order valence-electron chi connectivity index (χ3n) is 2.13. The zero-order valence-electron chi connectivity index (χ0n) is 8.24. The Morgan fingerprint density at radius 2 is 1.88 bits per heavy atom. The molecule has 82 valence electrons. The molecule has 0 saturated heterocycles. The molecule has 0 fully saturated rings. The summed E-state index contributed by atoms with van der Waals surface area (Å²) in [6, 6.07) is 11.6. The Morgan fingerprint density at radius 3 is 2.62 bits per heavy atom. The van der Waals surface area contributed by atoms with Crippen molar-refractivity contribution in [2.45, 2.75) is 0 Å². The van der Waals surface area contributed by atoms with E-state index in [2.05, 4.69) is 15.9 Å². The lowest BCUT2D eigenvalue weighted by Gasteiger charge is -2.05. The van der Waals surface area contributed by atoms with Gasteiger partial charge in [-0.1, -0.05) is 28.1 Å². The van der Waals surface area contributed by atoms with E-state index in [1.54, 1.807) is 0 Å². The maximum atomic E-state index is 10.6. The summed E-state index contributed by atoms with van der Waals surface area (Å²) in [4.78, 5) is 10.6. The highest BCUT2D eigenvalue weighted by Gasteiger charge is 2.00. The average molecular weight is 300 g/mol. The van der Waals surface area contributed by atoms with Crippen molar-refractivity contribution in [1.82, 2.24) is 0 Å². The molecule has 0 unspecified atom stereocenters. The first-order valence-electron chi connectivity index (χ1n) is 4.65. The lowest BCUT2D eigenvalue weighted by atomic mass is 10.1. The molecular weight excluding hydrogens is 291 g/mol. The van der Waals surface area contributed by atoms with E-state index in [1.807, 2.05) is 36.4 Å². The van der Waals surface area contributed by atoms with Gasteiger partial charge >= 0.3 is 0 Å². The number of halogens is 2. The van der Waals surface area contributed by atoms with Gasteiger partial charge in [0.1, 0.15) is 5.75 Å². The molecule has 0 atom stereocenters. The van der Waals surface area contributed by atoms with Crippen molar-refractivity contribution in [3.05, 3.63) is 40.9 Å². The molecule has 0 radical (unpaired) electrons. The maximum absolute atomic E-state index is 10.6. The highest BCUT2D eigenvalue weighted by atomic mass is 79.9. The van der Waals surface area contributed by atoms with E-state index in [-0.39, 0.29) is 6.61 Å². The van der Waals surface area contributed by atoms with Crippen molar-refractivity contribution >= 4 is 43.5 Å². The molecule has 2 nitrogen and oxygen atoms in total. The summed E-state index contributed by atoms with van der Waals surface area (Å²) in [6.45, 7) is -0.108. The van der Waals surface area contributed by atoms with E-state index < -0.39 is 5.24 Å². The SMILES string of the molecule is O=C(Cl)COc1ccc2cc(Br)ccc2c1. The number of fused-ring (bicyclic) bond motifs is 1. The number of carbonyl (C=O) groups excluding carboxylic acids is 1. The van der Waals surface area contributed by atoms with Gasteiger partial charge in [-0.15, -0.1) is 0 Å². The second kappa shape index (κ2) is 4.85. The highest BCUT2D eigenvalue weighted by molar-refractivity contribution is 9.10. The Hall–Kier alpha value is -1.06. The van der Waals surface area contributed by atoms with Gasteiger partial charge in [0.15, 0.2) is 6.61 Å². The Labute approximate surface area is 106 Å². The maximum Gasteiger partial charge on any atom is 0.259 e. The van der Waals surface area contributed by atoms with Crippen LogP contribution in [0.2, 0.25) is 0 Å². The molecule has 2 aromatic rings. The number of rotatable bonds is 3. The summed E-state index contributed by atoms with van der Waals surface area (Å²) in [6.07, 6.45) is 0. The Kier molecular flexibility index (Phi) is 3.46. The van der Waals surface area contributed by atoms with Crippen molar-refractivity contribution in [1.29, 1.82) is 0 Å². The third-order valence-corrected chi connectivity index (χ3v) is 2.73. The molecule has 0 aliphatic rings. The average Bonchev–Trinajstić information content (AvgIpc) is 2.26. The second-order valence-electron chi connectivity index (χ2n) is 3.30. The molecule has 0 spiro atoms. The molecule has 2 aromatic carbocycles. The fourth-order valence-corrected chi connectivity index (χ4v) is 1.86. The van der Waals surface area contributed by atoms with Crippen LogP contribution in [0.3, 0.4) is 0 Å². The fraction of sp³-hybridized carbons (Fsp3) is 0.0833. The summed E-state index contributed by atoms with van der Waals surface area (Å²) in [7, 11) is 0. The molecule has 0 amide bonds. The van der Waals surface area contributed by atoms with Gasteiger partial charge in [0.2, 0.25) is 0 Å². The summed E-state index contributed by atoms with van der Waals surface area (Å²) < 4.78 is 6.24. The number of ether oxygens (including phenoxy) is 1. The minimum atomic E-state index is -0.504. The van der Waals surface area contributed by atoms with E-state index in [0.29, 0.717) is 5.75 Å². The lowest BCUT2D eigenvalue weighted by molar-refractivity contribution is -0.113. The molecule has 0 aliphatic heterocycles. The first-order valence-corrected chi connectivity index (χ1v) is 5.83. The zero-order chi connectivity index (χ0) is 11.5. The molecule has 2 rings (SSSR count). The lowest BCUT2D eigenvalue weighted by Crippen LogP contribution is -2.03. The van der Waals surface area contributed by atoms with Crippen molar-refractivity contribution < 1.29 is 9.53 Å². The Morgan fingerprint density at radius 1 is 1.19 bits per heavy atom. The largest absolute Gasteiger partial charge is 0.484 e. The molecule has 16 heavy (non-hydrogen) atoms. The van der Waals surface area contributed by atoms with Crippen molar-refractivity contribution in [2.24, 2.45) is 0 Å². The Balaban J connectivity index is 2.30. The van der Waals surface area contributed by atoms with Crippen LogP contribution in [-0.2, 0) is 4.79 Å². The quantitative estimate of drug-likeness (QED) is 0.807. The predicted octanol–water partition coefficient (Wildman–Crippen LogP) is 3.75. The van der Waals surface area contributed by atoms with Crippen LogP contribution >= 0.6 is 27.5 Å². The molecule has 0 bridgehead atoms. The van der Waals surface area contributed by atoms with Crippen LogP contribution in [0.4, 0.5) is 0 Å². The van der Waals surface area contributed by atoms with Crippen LogP contribution in [0, 0.1) is 0 Å². The van der Waals surface area contributed by atoms with E-state index in [4.69, 9.17) is 16.3 Å². The monoisotopic (exact) mass is 298 g/mol. The van der Waals surface area contributed by atoms with Crippen molar-refractivity contribution in [3.63, 3.8) is 0 Å². The first-order chi connectivity index (χ1) is 7.65. The van der Waals surface area contributed by atoms with E-state index in [0.717, 1.165) is 15.2 Å². The van der Waals surface area contributed by atoms with Gasteiger partial charge in [-0.05, 0) is 46.6 Å². The van der Waals surface area contributed by atoms with Crippen LogP contribution < -0.4 is 4.74 Å². The van der Waals surface area contributed by atoms with Gasteiger partial charge < -0.3 is 4.74 Å². The minimum Gasteiger partial charge on any atom is -0.484 e. The van der Waals surface area contributed by atoms with Crippen LogP contribution in [0.1, 0.15) is 0 Å². The van der Waals surface area contributed by atoms with E-state index >= 15 is 0 Å². The smallest absolute Gasteiger partial charge is 0.259 e. The summed E-state index contributed by atoms with van der Waals surface area (Å²) in [5.41, 5.74) is 0. The highest BCUT2D eigenvalue weighted by Crippen LogP contribution is 2.24. The van der Waals surface area contributed by atoms with Gasteiger partial charge in [0.05, 0.1) is 0 Å². The Bertz CT molecular complexity index is 540. The fourth-order valence-electron chi connectivity index (χ4n) is 1.42. The summed E-state index contributed by atoms with van der Waals surface area (Å²) in [5.74, 6) is 0.642. The standard InChI is InChI=1S/C12H8BrClO2/c13-10-3-1-9-6-11(16-7-12(14)15)4-2-8(9)5-10/h1-6H,7H2. The molecule has 0 aromatic heterocycles. The van der Waals surface area contributed by atoms with Gasteiger partial charge in [-0.25, -0.2) is 0 Å². The topological polar surface area (TPSA) is 26.3 Å². The number of hydrogen-bond donors (Lipinski definition) is 0. The van der Waals surface area contributed by atoms with Gasteiger partial charge in [-0.3, -0.25) is 4.79 Å². The minimum absolute atomic E-state index is 0.108. The predicted molar refractivity (Wildman–Crippen MR) is 68.0 cm³/mol. The normalized spacial score (nSPS) is 10.4. The molecule has 4 heteroatoms. The van der Waals surface area contributed by atoms with Crippen LogP contribution in [0.5, 0.6) is 5.75 Å².